The molecule has 0 radical (unpaired) electrons. The fourth-order valence-electron chi connectivity index (χ4n) is 1.22. The summed E-state index contributed by atoms with van der Waals surface area (Å²) in [5.74, 6) is 0.723. The van der Waals surface area contributed by atoms with E-state index in [2.05, 4.69) is 13.8 Å². The lowest BCUT2D eigenvalue weighted by molar-refractivity contribution is -0.113. The normalized spacial score (nSPS) is 17.8. The van der Waals surface area contributed by atoms with Crippen LogP contribution in [-0.4, -0.2) is 19.0 Å². The van der Waals surface area contributed by atoms with Crippen molar-refractivity contribution in [2.45, 2.75) is 52.1 Å². The van der Waals surface area contributed by atoms with Gasteiger partial charge >= 0.3 is 0 Å². The molecule has 0 saturated carbocycles. The molecule has 2 heteroatoms. The van der Waals surface area contributed by atoms with Crippen molar-refractivity contribution in [1.82, 2.24) is 0 Å². The fraction of sp³-hybridized carbons (Fsp3) is 0.909. The average Bonchev–Trinajstić information content (AvgIpc) is 2.15. The van der Waals surface area contributed by atoms with Gasteiger partial charge in [-0.2, -0.15) is 0 Å². The monoisotopic (exact) mass is 186 g/mol. The van der Waals surface area contributed by atoms with Crippen LogP contribution in [0.3, 0.4) is 0 Å². The maximum absolute atomic E-state index is 10.4. The first-order valence-corrected chi connectivity index (χ1v) is 5.06. The minimum absolute atomic E-state index is 0.245. The van der Waals surface area contributed by atoms with E-state index >= 15 is 0 Å². The van der Waals surface area contributed by atoms with Crippen LogP contribution in [-0.2, 0) is 9.53 Å². The van der Waals surface area contributed by atoms with Gasteiger partial charge in [0, 0.05) is 13.5 Å². The molecule has 0 bridgehead atoms. The van der Waals surface area contributed by atoms with E-state index in [9.17, 15) is 4.79 Å². The van der Waals surface area contributed by atoms with Gasteiger partial charge in [0.15, 0.2) is 0 Å². The lowest BCUT2D eigenvalue weighted by atomic mass is 9.91. The van der Waals surface area contributed by atoms with Crippen LogP contribution in [0.15, 0.2) is 0 Å². The number of rotatable bonds is 7. The van der Waals surface area contributed by atoms with Gasteiger partial charge in [0.25, 0.3) is 0 Å². The number of ether oxygens (including phenoxy) is 1. The first-order chi connectivity index (χ1) is 6.08. The number of carbonyl (C=O) groups is 1. The number of hydrogen-bond acceptors (Lipinski definition) is 2. The SMILES string of the molecule is CCC(C)CCC(C)(CC=O)OC. The van der Waals surface area contributed by atoms with Crippen molar-refractivity contribution in [3.05, 3.63) is 0 Å². The van der Waals surface area contributed by atoms with Gasteiger partial charge < -0.3 is 9.53 Å². The summed E-state index contributed by atoms with van der Waals surface area (Å²) in [6.45, 7) is 6.43. The number of carbonyl (C=O) groups excluding carboxylic acids is 1. The molecule has 0 aliphatic rings. The van der Waals surface area contributed by atoms with Crippen molar-refractivity contribution in [2.75, 3.05) is 7.11 Å². The minimum atomic E-state index is -0.245. The molecule has 0 rings (SSSR count). The standard InChI is InChI=1S/C11H22O2/c1-5-10(2)6-7-11(3,13-4)8-9-12/h9-10H,5-8H2,1-4H3. The van der Waals surface area contributed by atoms with Crippen molar-refractivity contribution < 1.29 is 9.53 Å². The molecule has 2 atom stereocenters. The summed E-state index contributed by atoms with van der Waals surface area (Å²) in [5, 5.41) is 0. The lowest BCUT2D eigenvalue weighted by Crippen LogP contribution is -2.28. The Bertz CT molecular complexity index is 145. The molecule has 78 valence electrons. The Morgan fingerprint density at radius 2 is 2.15 bits per heavy atom. The highest BCUT2D eigenvalue weighted by Crippen LogP contribution is 2.23. The number of methoxy groups -OCH3 is 1. The van der Waals surface area contributed by atoms with Gasteiger partial charge in [-0.3, -0.25) is 0 Å². The molecule has 0 aromatic carbocycles. The van der Waals surface area contributed by atoms with E-state index in [1.165, 1.54) is 6.42 Å². The van der Waals surface area contributed by atoms with E-state index in [-0.39, 0.29) is 5.60 Å². The molecule has 0 heterocycles. The van der Waals surface area contributed by atoms with Crippen molar-refractivity contribution in [2.24, 2.45) is 5.92 Å². The first kappa shape index (κ1) is 12.6. The number of aldehydes is 1. The molecule has 2 unspecified atom stereocenters. The van der Waals surface area contributed by atoms with Crippen molar-refractivity contribution in [3.63, 3.8) is 0 Å². The zero-order valence-electron chi connectivity index (χ0n) is 9.30. The quantitative estimate of drug-likeness (QED) is 0.571. The van der Waals surface area contributed by atoms with Crippen molar-refractivity contribution in [1.29, 1.82) is 0 Å². The largest absolute Gasteiger partial charge is 0.378 e. The highest BCUT2D eigenvalue weighted by Gasteiger charge is 2.23. The second kappa shape index (κ2) is 6.14. The zero-order chi connectivity index (χ0) is 10.3. The smallest absolute Gasteiger partial charge is 0.122 e. The van der Waals surface area contributed by atoms with E-state index in [0.29, 0.717) is 6.42 Å². The maximum atomic E-state index is 10.4. The third-order valence-corrected chi connectivity index (χ3v) is 2.87. The van der Waals surface area contributed by atoms with E-state index in [4.69, 9.17) is 4.74 Å². The highest BCUT2D eigenvalue weighted by molar-refractivity contribution is 5.51. The van der Waals surface area contributed by atoms with Crippen molar-refractivity contribution >= 4 is 6.29 Å². The molecule has 13 heavy (non-hydrogen) atoms. The lowest BCUT2D eigenvalue weighted by Gasteiger charge is -2.27. The number of hydrogen-bond donors (Lipinski definition) is 0. The molecule has 0 aromatic heterocycles. The summed E-state index contributed by atoms with van der Waals surface area (Å²) in [6, 6.07) is 0. The molecule has 0 fully saturated rings. The summed E-state index contributed by atoms with van der Waals surface area (Å²) in [5.41, 5.74) is -0.245. The van der Waals surface area contributed by atoms with E-state index in [1.807, 2.05) is 6.92 Å². The van der Waals surface area contributed by atoms with Crippen LogP contribution in [0.25, 0.3) is 0 Å². The predicted octanol–water partition coefficient (Wildman–Crippen LogP) is 2.81. The first-order valence-electron chi connectivity index (χ1n) is 5.06. The van der Waals surface area contributed by atoms with Crippen LogP contribution in [0.2, 0.25) is 0 Å². The van der Waals surface area contributed by atoms with Crippen LogP contribution in [0.1, 0.15) is 46.5 Å². The Morgan fingerprint density at radius 1 is 1.54 bits per heavy atom. The molecule has 0 aliphatic carbocycles. The predicted molar refractivity (Wildman–Crippen MR) is 54.8 cm³/mol. The minimum Gasteiger partial charge on any atom is -0.378 e. The second-order valence-corrected chi connectivity index (χ2v) is 4.08. The van der Waals surface area contributed by atoms with Gasteiger partial charge in [-0.05, 0) is 25.7 Å². The molecule has 0 N–H and O–H groups in total. The molecule has 2 nitrogen and oxygen atoms in total. The average molecular weight is 186 g/mol. The summed E-state index contributed by atoms with van der Waals surface area (Å²) < 4.78 is 5.34. The fourth-order valence-corrected chi connectivity index (χ4v) is 1.22. The third-order valence-electron chi connectivity index (χ3n) is 2.87. The van der Waals surface area contributed by atoms with Gasteiger partial charge in [0.05, 0.1) is 5.60 Å². The molecular formula is C11H22O2. The third kappa shape index (κ3) is 5.04. The summed E-state index contributed by atoms with van der Waals surface area (Å²) in [4.78, 5) is 10.4. The molecular weight excluding hydrogens is 164 g/mol. The molecule has 0 saturated heterocycles. The van der Waals surface area contributed by atoms with Crippen LogP contribution in [0.4, 0.5) is 0 Å². The van der Waals surface area contributed by atoms with E-state index in [1.54, 1.807) is 7.11 Å². The Balaban J connectivity index is 3.89. The van der Waals surface area contributed by atoms with Gasteiger partial charge in [0.1, 0.15) is 6.29 Å². The Labute approximate surface area is 81.7 Å². The summed E-state index contributed by atoms with van der Waals surface area (Å²) in [7, 11) is 1.68. The van der Waals surface area contributed by atoms with Gasteiger partial charge in [0.2, 0.25) is 0 Å². The van der Waals surface area contributed by atoms with Crippen LogP contribution in [0.5, 0.6) is 0 Å². The van der Waals surface area contributed by atoms with E-state index < -0.39 is 0 Å². The van der Waals surface area contributed by atoms with Crippen LogP contribution < -0.4 is 0 Å². The van der Waals surface area contributed by atoms with Gasteiger partial charge in [-0.25, -0.2) is 0 Å². The van der Waals surface area contributed by atoms with Gasteiger partial charge in [-0.15, -0.1) is 0 Å². The van der Waals surface area contributed by atoms with Crippen LogP contribution in [0, 0.1) is 5.92 Å². The van der Waals surface area contributed by atoms with E-state index in [0.717, 1.165) is 25.0 Å². The summed E-state index contributed by atoms with van der Waals surface area (Å²) in [6.07, 6.45) is 4.74. The summed E-state index contributed by atoms with van der Waals surface area (Å²) >= 11 is 0. The molecule has 0 amide bonds. The van der Waals surface area contributed by atoms with Gasteiger partial charge in [-0.1, -0.05) is 20.3 Å². The maximum Gasteiger partial charge on any atom is 0.122 e. The highest BCUT2D eigenvalue weighted by atomic mass is 16.5. The zero-order valence-corrected chi connectivity index (χ0v) is 9.30. The Kier molecular flexibility index (Phi) is 5.97. The Morgan fingerprint density at radius 3 is 2.54 bits per heavy atom. The van der Waals surface area contributed by atoms with Crippen molar-refractivity contribution in [3.8, 4) is 0 Å². The Hall–Kier alpha value is -0.370. The second-order valence-electron chi connectivity index (χ2n) is 4.08. The van der Waals surface area contributed by atoms with Crippen LogP contribution >= 0.6 is 0 Å². The molecule has 0 aromatic rings. The topological polar surface area (TPSA) is 26.3 Å². The molecule has 0 spiro atoms. The molecule has 0 aliphatic heterocycles.